The molecule has 0 N–H and O–H groups in total. The maximum atomic E-state index is 12.3. The Labute approximate surface area is 114 Å². The molecular formula is C15H20N2O2. The molecular weight excluding hydrogens is 240 g/mol. The first-order valence-electron chi connectivity index (χ1n) is 6.58. The summed E-state index contributed by atoms with van der Waals surface area (Å²) >= 11 is 0. The molecule has 4 nitrogen and oxygen atoms in total. The van der Waals surface area contributed by atoms with Crippen LogP contribution in [0.1, 0.15) is 28.8 Å². The number of Topliss-reactive ketones (excluding diaryl/α,β-unsaturated/α-hetero) is 1. The largest absolute Gasteiger partial charge is 0.377 e. The zero-order valence-electron chi connectivity index (χ0n) is 11.8. The van der Waals surface area contributed by atoms with Crippen molar-refractivity contribution in [1.82, 2.24) is 4.90 Å². The van der Waals surface area contributed by atoms with E-state index >= 15 is 0 Å². The van der Waals surface area contributed by atoms with Crippen LogP contribution in [-0.2, 0) is 4.79 Å². The molecule has 1 aromatic carbocycles. The molecule has 0 radical (unpaired) electrons. The maximum absolute atomic E-state index is 12.3. The second-order valence-electron chi connectivity index (χ2n) is 5.23. The van der Waals surface area contributed by atoms with Crippen LogP contribution < -0.4 is 4.90 Å². The molecule has 1 aromatic rings. The molecule has 0 unspecified atom stereocenters. The lowest BCUT2D eigenvalue weighted by atomic mass is 10.1. The second-order valence-corrected chi connectivity index (χ2v) is 5.23. The molecule has 4 heteroatoms. The number of carbonyl (C=O) groups is 2. The molecule has 102 valence electrons. The highest BCUT2D eigenvalue weighted by molar-refractivity contribution is 5.96. The third kappa shape index (κ3) is 2.95. The molecule has 1 aliphatic rings. The number of likely N-dealkylation sites (tertiary alicyclic amines) is 1. The molecule has 1 amide bonds. The van der Waals surface area contributed by atoms with E-state index in [1.807, 2.05) is 44.1 Å². The van der Waals surface area contributed by atoms with Gasteiger partial charge < -0.3 is 9.80 Å². The van der Waals surface area contributed by atoms with Crippen molar-refractivity contribution in [3.8, 4) is 0 Å². The Morgan fingerprint density at radius 2 is 1.84 bits per heavy atom. The monoisotopic (exact) mass is 260 g/mol. The van der Waals surface area contributed by atoms with Crippen LogP contribution in [0.25, 0.3) is 0 Å². The molecule has 1 heterocycles. The fraction of sp³-hybridized carbons (Fsp3) is 0.467. The van der Waals surface area contributed by atoms with Gasteiger partial charge in [0.15, 0.2) is 0 Å². The third-order valence-corrected chi connectivity index (χ3v) is 3.53. The molecule has 0 atom stereocenters. The van der Waals surface area contributed by atoms with Crippen molar-refractivity contribution in [2.45, 2.75) is 19.8 Å². The summed E-state index contributed by atoms with van der Waals surface area (Å²) in [7, 11) is 3.97. The van der Waals surface area contributed by atoms with Crippen molar-refractivity contribution in [2.75, 3.05) is 32.1 Å². The van der Waals surface area contributed by atoms with E-state index in [0.29, 0.717) is 31.5 Å². The van der Waals surface area contributed by atoms with Crippen molar-refractivity contribution in [2.24, 2.45) is 0 Å². The third-order valence-electron chi connectivity index (χ3n) is 3.53. The molecule has 0 bridgehead atoms. The number of benzene rings is 1. The van der Waals surface area contributed by atoms with Gasteiger partial charge in [-0.05, 0) is 30.7 Å². The van der Waals surface area contributed by atoms with Crippen LogP contribution in [0, 0.1) is 6.92 Å². The minimum atomic E-state index is 0.0286. The van der Waals surface area contributed by atoms with Crippen LogP contribution >= 0.6 is 0 Å². The van der Waals surface area contributed by atoms with Gasteiger partial charge in [0.1, 0.15) is 5.78 Å². The quantitative estimate of drug-likeness (QED) is 0.815. The zero-order chi connectivity index (χ0) is 14.0. The number of aryl methyl sites for hydroxylation is 1. The molecule has 1 saturated heterocycles. The molecule has 0 spiro atoms. The van der Waals surface area contributed by atoms with Crippen molar-refractivity contribution in [1.29, 1.82) is 0 Å². The Morgan fingerprint density at radius 3 is 2.37 bits per heavy atom. The van der Waals surface area contributed by atoms with Crippen molar-refractivity contribution in [3.63, 3.8) is 0 Å². The standard InChI is InChI=1S/C15H20N2O2/c1-11-10-12(4-5-14(11)16(2)3)15(19)17-8-6-13(18)7-9-17/h4-5,10H,6-9H2,1-3H3. The van der Waals surface area contributed by atoms with Crippen LogP contribution in [0.2, 0.25) is 0 Å². The lowest BCUT2D eigenvalue weighted by Crippen LogP contribution is -2.38. The summed E-state index contributed by atoms with van der Waals surface area (Å²) < 4.78 is 0. The maximum Gasteiger partial charge on any atom is 0.253 e. The molecule has 0 aromatic heterocycles. The van der Waals surface area contributed by atoms with E-state index in [9.17, 15) is 9.59 Å². The summed E-state index contributed by atoms with van der Waals surface area (Å²) in [6, 6.07) is 5.76. The van der Waals surface area contributed by atoms with E-state index in [1.54, 1.807) is 4.90 Å². The van der Waals surface area contributed by atoms with E-state index < -0.39 is 0 Å². The van der Waals surface area contributed by atoms with E-state index in [1.165, 1.54) is 0 Å². The van der Waals surface area contributed by atoms with E-state index in [2.05, 4.69) is 0 Å². The summed E-state index contributed by atoms with van der Waals surface area (Å²) in [5, 5.41) is 0. The van der Waals surface area contributed by atoms with Gasteiger partial charge >= 0.3 is 0 Å². The summed E-state index contributed by atoms with van der Waals surface area (Å²) in [4.78, 5) is 27.3. The van der Waals surface area contributed by atoms with Gasteiger partial charge in [0.25, 0.3) is 5.91 Å². The number of anilines is 1. The van der Waals surface area contributed by atoms with Crippen LogP contribution in [0.5, 0.6) is 0 Å². The number of rotatable bonds is 2. The number of carbonyl (C=O) groups excluding carboxylic acids is 2. The Bertz CT molecular complexity index is 499. The number of amides is 1. The SMILES string of the molecule is Cc1cc(C(=O)N2CCC(=O)CC2)ccc1N(C)C. The van der Waals surface area contributed by atoms with Gasteiger partial charge in [-0.2, -0.15) is 0 Å². The first-order chi connectivity index (χ1) is 8.99. The molecule has 1 aliphatic heterocycles. The lowest BCUT2D eigenvalue weighted by Gasteiger charge is -2.26. The van der Waals surface area contributed by atoms with Gasteiger partial charge in [0.2, 0.25) is 0 Å². The summed E-state index contributed by atoms with van der Waals surface area (Å²) in [6.07, 6.45) is 0.973. The fourth-order valence-corrected chi connectivity index (χ4v) is 2.43. The first-order valence-corrected chi connectivity index (χ1v) is 6.58. The Hall–Kier alpha value is -1.84. The zero-order valence-corrected chi connectivity index (χ0v) is 11.8. The lowest BCUT2D eigenvalue weighted by molar-refractivity contribution is -0.120. The second kappa shape index (κ2) is 5.43. The summed E-state index contributed by atoms with van der Waals surface area (Å²) in [5.74, 6) is 0.282. The van der Waals surface area contributed by atoms with Crippen molar-refractivity contribution in [3.05, 3.63) is 29.3 Å². The van der Waals surface area contributed by atoms with E-state index in [-0.39, 0.29) is 11.7 Å². The Balaban J connectivity index is 2.15. The van der Waals surface area contributed by atoms with Gasteiger partial charge in [-0.15, -0.1) is 0 Å². The molecule has 1 fully saturated rings. The molecule has 0 aliphatic carbocycles. The normalized spacial score (nSPS) is 15.5. The number of nitrogens with zero attached hydrogens (tertiary/aromatic N) is 2. The highest BCUT2D eigenvalue weighted by atomic mass is 16.2. The Kier molecular flexibility index (Phi) is 3.88. The summed E-state index contributed by atoms with van der Waals surface area (Å²) in [6.45, 7) is 3.10. The van der Waals surface area contributed by atoms with Crippen LogP contribution in [0.4, 0.5) is 5.69 Å². The van der Waals surface area contributed by atoms with E-state index in [0.717, 1.165) is 11.3 Å². The number of ketones is 1. The van der Waals surface area contributed by atoms with Crippen LogP contribution in [-0.4, -0.2) is 43.8 Å². The van der Waals surface area contributed by atoms with Gasteiger partial charge in [-0.3, -0.25) is 9.59 Å². The fourth-order valence-electron chi connectivity index (χ4n) is 2.43. The molecule has 0 saturated carbocycles. The minimum Gasteiger partial charge on any atom is -0.377 e. The average molecular weight is 260 g/mol. The first kappa shape index (κ1) is 13.6. The average Bonchev–Trinajstić information content (AvgIpc) is 2.38. The van der Waals surface area contributed by atoms with Crippen molar-refractivity contribution < 1.29 is 9.59 Å². The van der Waals surface area contributed by atoms with Gasteiger partial charge in [-0.1, -0.05) is 0 Å². The Morgan fingerprint density at radius 1 is 1.21 bits per heavy atom. The molecule has 19 heavy (non-hydrogen) atoms. The summed E-state index contributed by atoms with van der Waals surface area (Å²) in [5.41, 5.74) is 2.91. The van der Waals surface area contributed by atoms with Crippen LogP contribution in [0.15, 0.2) is 18.2 Å². The number of hydrogen-bond acceptors (Lipinski definition) is 3. The predicted octanol–water partition coefficient (Wildman–Crippen LogP) is 1.87. The highest BCUT2D eigenvalue weighted by Gasteiger charge is 2.22. The molecule has 2 rings (SSSR count). The van der Waals surface area contributed by atoms with Crippen molar-refractivity contribution >= 4 is 17.4 Å². The number of hydrogen-bond donors (Lipinski definition) is 0. The van der Waals surface area contributed by atoms with Gasteiger partial charge in [-0.25, -0.2) is 0 Å². The number of piperidine rings is 1. The van der Waals surface area contributed by atoms with E-state index in [4.69, 9.17) is 0 Å². The predicted molar refractivity (Wildman–Crippen MR) is 75.7 cm³/mol. The topological polar surface area (TPSA) is 40.6 Å². The van der Waals surface area contributed by atoms with Gasteiger partial charge in [0.05, 0.1) is 0 Å². The highest BCUT2D eigenvalue weighted by Crippen LogP contribution is 2.20. The minimum absolute atomic E-state index is 0.0286. The van der Waals surface area contributed by atoms with Gasteiger partial charge in [0, 0.05) is 51.3 Å². The van der Waals surface area contributed by atoms with Crippen LogP contribution in [0.3, 0.4) is 0 Å². The smallest absolute Gasteiger partial charge is 0.253 e.